The molecule has 2 amide bonds. The van der Waals surface area contributed by atoms with Crippen LogP contribution in [0, 0.1) is 0 Å². The Balaban J connectivity index is 2.47. The Kier molecular flexibility index (Phi) is 6.21. The van der Waals surface area contributed by atoms with Crippen molar-refractivity contribution in [3.8, 4) is 0 Å². The highest BCUT2D eigenvalue weighted by molar-refractivity contribution is 5.82. The second-order valence-corrected chi connectivity index (χ2v) is 5.75. The summed E-state index contributed by atoms with van der Waals surface area (Å²) >= 11 is 0. The lowest BCUT2D eigenvalue weighted by molar-refractivity contribution is -0.130. The minimum atomic E-state index is -0.577. The van der Waals surface area contributed by atoms with Gasteiger partial charge in [0.1, 0.15) is 12.1 Å². The van der Waals surface area contributed by atoms with Crippen molar-refractivity contribution >= 4 is 12.0 Å². The van der Waals surface area contributed by atoms with Crippen LogP contribution in [0.1, 0.15) is 33.3 Å². The summed E-state index contributed by atoms with van der Waals surface area (Å²) < 4.78 is 5.10. The number of nitrogens with one attached hydrogen (secondary N) is 1. The molecule has 0 spiro atoms. The van der Waals surface area contributed by atoms with Crippen molar-refractivity contribution < 1.29 is 14.3 Å². The second-order valence-electron chi connectivity index (χ2n) is 5.75. The zero-order valence-electron chi connectivity index (χ0n) is 13.2. The topological polar surface area (TPSA) is 58.6 Å². The summed E-state index contributed by atoms with van der Waals surface area (Å²) in [6, 6.07) is 9.75. The molecule has 0 aliphatic heterocycles. The number of carbonyl (C=O) groups excluding carboxylic acids is 2. The minimum absolute atomic E-state index is 0.0599. The summed E-state index contributed by atoms with van der Waals surface area (Å²) in [5, 5.41) is 2.49. The molecule has 5 nitrogen and oxygen atoms in total. The lowest BCUT2D eigenvalue weighted by atomic mass is 10.2. The maximum atomic E-state index is 12.1. The molecule has 0 radical (unpaired) electrons. The third-order valence-corrected chi connectivity index (χ3v) is 2.73. The first-order valence-electron chi connectivity index (χ1n) is 7.10. The van der Waals surface area contributed by atoms with Crippen LogP contribution in [-0.2, 0) is 16.1 Å². The van der Waals surface area contributed by atoms with Crippen LogP contribution in [0.4, 0.5) is 4.79 Å². The van der Waals surface area contributed by atoms with E-state index < -0.39 is 11.7 Å². The fourth-order valence-electron chi connectivity index (χ4n) is 1.75. The highest BCUT2D eigenvalue weighted by atomic mass is 16.6. The van der Waals surface area contributed by atoms with Gasteiger partial charge >= 0.3 is 6.09 Å². The van der Waals surface area contributed by atoms with Gasteiger partial charge in [0.05, 0.1) is 0 Å². The van der Waals surface area contributed by atoms with Crippen molar-refractivity contribution in [3.63, 3.8) is 0 Å². The number of hydrogen-bond acceptors (Lipinski definition) is 3. The van der Waals surface area contributed by atoms with E-state index in [0.717, 1.165) is 5.56 Å². The van der Waals surface area contributed by atoms with Gasteiger partial charge in [-0.25, -0.2) is 4.79 Å². The lowest BCUT2D eigenvalue weighted by Gasteiger charge is -2.23. The Morgan fingerprint density at radius 3 is 2.33 bits per heavy atom. The molecule has 0 fully saturated rings. The number of ether oxygens (including phenoxy) is 1. The molecule has 0 aliphatic rings. The maximum Gasteiger partial charge on any atom is 0.408 e. The van der Waals surface area contributed by atoms with Crippen LogP contribution in [0.5, 0.6) is 0 Å². The van der Waals surface area contributed by atoms with Crippen molar-refractivity contribution in [2.24, 2.45) is 0 Å². The number of amides is 2. The van der Waals surface area contributed by atoms with Crippen LogP contribution in [0.3, 0.4) is 0 Å². The Morgan fingerprint density at radius 2 is 1.81 bits per heavy atom. The molecule has 21 heavy (non-hydrogen) atoms. The molecule has 0 bridgehead atoms. The SMILES string of the molecule is CCN(Cc1ccccc1)C(=O)CNC(=O)OC(C)(C)C. The first-order chi connectivity index (χ1) is 9.81. The van der Waals surface area contributed by atoms with Gasteiger partial charge in [-0.05, 0) is 33.3 Å². The Morgan fingerprint density at radius 1 is 1.19 bits per heavy atom. The zero-order chi connectivity index (χ0) is 15.9. The predicted octanol–water partition coefficient (Wildman–Crippen LogP) is 2.56. The third kappa shape index (κ3) is 6.79. The van der Waals surface area contributed by atoms with Gasteiger partial charge in [-0.2, -0.15) is 0 Å². The van der Waals surface area contributed by atoms with Crippen molar-refractivity contribution in [1.82, 2.24) is 10.2 Å². The molecule has 0 heterocycles. The molecule has 0 atom stereocenters. The molecule has 1 aromatic carbocycles. The van der Waals surface area contributed by atoms with Crippen LogP contribution < -0.4 is 5.32 Å². The lowest BCUT2D eigenvalue weighted by Crippen LogP contribution is -2.41. The largest absolute Gasteiger partial charge is 0.444 e. The summed E-state index contributed by atoms with van der Waals surface area (Å²) in [6.07, 6.45) is -0.577. The van der Waals surface area contributed by atoms with E-state index in [1.165, 1.54) is 0 Å². The number of benzene rings is 1. The van der Waals surface area contributed by atoms with Gasteiger partial charge in [0, 0.05) is 13.1 Å². The number of rotatable bonds is 5. The van der Waals surface area contributed by atoms with Gasteiger partial charge in [0.25, 0.3) is 0 Å². The summed E-state index contributed by atoms with van der Waals surface area (Å²) in [7, 11) is 0. The quantitative estimate of drug-likeness (QED) is 0.907. The number of nitrogens with zero attached hydrogens (tertiary/aromatic N) is 1. The zero-order valence-corrected chi connectivity index (χ0v) is 13.2. The average molecular weight is 292 g/mol. The van der Waals surface area contributed by atoms with E-state index in [4.69, 9.17) is 4.74 Å². The van der Waals surface area contributed by atoms with E-state index in [1.54, 1.807) is 25.7 Å². The Hall–Kier alpha value is -2.04. The molecule has 0 aliphatic carbocycles. The summed E-state index contributed by atoms with van der Waals surface area (Å²) in [6.45, 7) is 8.31. The van der Waals surface area contributed by atoms with Crippen LogP contribution in [0.15, 0.2) is 30.3 Å². The molecular formula is C16H24N2O3. The average Bonchev–Trinajstić information content (AvgIpc) is 2.41. The van der Waals surface area contributed by atoms with Crippen molar-refractivity contribution in [2.75, 3.05) is 13.1 Å². The van der Waals surface area contributed by atoms with Crippen LogP contribution in [0.2, 0.25) is 0 Å². The normalized spacial score (nSPS) is 10.9. The van der Waals surface area contributed by atoms with Crippen molar-refractivity contribution in [3.05, 3.63) is 35.9 Å². The van der Waals surface area contributed by atoms with E-state index >= 15 is 0 Å². The van der Waals surface area contributed by atoms with E-state index in [1.807, 2.05) is 37.3 Å². The molecule has 0 aromatic heterocycles. The monoisotopic (exact) mass is 292 g/mol. The first kappa shape index (κ1) is 17.0. The Bertz CT molecular complexity index is 466. The number of carbonyl (C=O) groups is 2. The molecule has 1 rings (SSSR count). The number of likely N-dealkylation sites (N-methyl/N-ethyl adjacent to an activating group) is 1. The van der Waals surface area contributed by atoms with Crippen molar-refractivity contribution in [1.29, 1.82) is 0 Å². The highest BCUT2D eigenvalue weighted by Crippen LogP contribution is 2.07. The molecule has 0 saturated heterocycles. The van der Waals surface area contributed by atoms with E-state index in [2.05, 4.69) is 5.32 Å². The fourth-order valence-corrected chi connectivity index (χ4v) is 1.75. The van der Waals surface area contributed by atoms with E-state index in [-0.39, 0.29) is 12.5 Å². The number of hydrogen-bond donors (Lipinski definition) is 1. The van der Waals surface area contributed by atoms with Gasteiger partial charge in [0.2, 0.25) is 5.91 Å². The van der Waals surface area contributed by atoms with Crippen molar-refractivity contribution in [2.45, 2.75) is 39.8 Å². The maximum absolute atomic E-state index is 12.1. The van der Waals surface area contributed by atoms with Gasteiger partial charge in [-0.15, -0.1) is 0 Å². The smallest absolute Gasteiger partial charge is 0.408 e. The third-order valence-electron chi connectivity index (χ3n) is 2.73. The summed E-state index contributed by atoms with van der Waals surface area (Å²) in [4.78, 5) is 25.3. The molecular weight excluding hydrogens is 268 g/mol. The van der Waals surface area contributed by atoms with Crippen LogP contribution >= 0.6 is 0 Å². The molecule has 116 valence electrons. The molecule has 1 aromatic rings. The summed E-state index contributed by atoms with van der Waals surface area (Å²) in [5.41, 5.74) is 0.492. The van der Waals surface area contributed by atoms with Gasteiger partial charge in [0.15, 0.2) is 0 Å². The number of alkyl carbamates (subject to hydrolysis) is 1. The minimum Gasteiger partial charge on any atom is -0.444 e. The van der Waals surface area contributed by atoms with Crippen LogP contribution in [0.25, 0.3) is 0 Å². The van der Waals surface area contributed by atoms with E-state index in [0.29, 0.717) is 13.1 Å². The van der Waals surface area contributed by atoms with Gasteiger partial charge in [-0.1, -0.05) is 30.3 Å². The molecule has 1 N–H and O–H groups in total. The molecule has 0 unspecified atom stereocenters. The first-order valence-corrected chi connectivity index (χ1v) is 7.10. The second kappa shape index (κ2) is 7.67. The fraction of sp³-hybridized carbons (Fsp3) is 0.500. The molecule has 0 saturated carbocycles. The van der Waals surface area contributed by atoms with Gasteiger partial charge < -0.3 is 15.0 Å². The van der Waals surface area contributed by atoms with Gasteiger partial charge in [-0.3, -0.25) is 4.79 Å². The molecule has 5 heteroatoms. The standard InChI is InChI=1S/C16H24N2O3/c1-5-18(12-13-9-7-6-8-10-13)14(19)11-17-15(20)21-16(2,3)4/h6-10H,5,11-12H2,1-4H3,(H,17,20). The predicted molar refractivity (Wildman–Crippen MR) is 81.8 cm³/mol. The summed E-state index contributed by atoms with van der Waals surface area (Å²) in [5.74, 6) is -0.132. The Labute approximate surface area is 126 Å². The highest BCUT2D eigenvalue weighted by Gasteiger charge is 2.18. The van der Waals surface area contributed by atoms with E-state index in [9.17, 15) is 9.59 Å². The van der Waals surface area contributed by atoms with Crippen LogP contribution in [-0.4, -0.2) is 35.6 Å².